The number of aryl methyl sites for hydroxylation is 2. The van der Waals surface area contributed by atoms with Crippen molar-refractivity contribution in [2.75, 3.05) is 7.11 Å². The highest BCUT2D eigenvalue weighted by Gasteiger charge is 2.26. The summed E-state index contributed by atoms with van der Waals surface area (Å²) >= 11 is 0. The largest absolute Gasteiger partial charge is 0.497 e. The van der Waals surface area contributed by atoms with Gasteiger partial charge in [0.15, 0.2) is 5.52 Å². The van der Waals surface area contributed by atoms with Gasteiger partial charge >= 0.3 is 0 Å². The minimum Gasteiger partial charge on any atom is -0.497 e. The highest BCUT2D eigenvalue weighted by atomic mass is 16.5. The fourth-order valence-electron chi connectivity index (χ4n) is 3.77. The lowest BCUT2D eigenvalue weighted by molar-refractivity contribution is -0.125. The van der Waals surface area contributed by atoms with Crippen LogP contribution < -0.4 is 15.6 Å². The Kier molecular flexibility index (Phi) is 6.26. The second-order valence-electron chi connectivity index (χ2n) is 7.92. The molecule has 1 atom stereocenters. The number of benzene rings is 2. The van der Waals surface area contributed by atoms with Gasteiger partial charge in [0, 0.05) is 12.1 Å². The number of amides is 1. The first-order valence-corrected chi connectivity index (χ1v) is 10.8. The number of nitrogens with one attached hydrogen (secondary N) is 1. The minimum absolute atomic E-state index is 0.144. The van der Waals surface area contributed by atoms with Crippen molar-refractivity contribution >= 4 is 16.8 Å². The van der Waals surface area contributed by atoms with Crippen molar-refractivity contribution in [1.82, 2.24) is 20.3 Å². The molecule has 1 amide bonds. The fourth-order valence-corrected chi connectivity index (χ4v) is 3.77. The third-order valence-electron chi connectivity index (χ3n) is 5.63. The Morgan fingerprint density at radius 2 is 1.94 bits per heavy atom. The molecule has 2 aromatic carbocycles. The van der Waals surface area contributed by atoms with E-state index in [1.54, 1.807) is 14.0 Å². The molecule has 4 rings (SSSR count). The molecule has 8 heteroatoms. The summed E-state index contributed by atoms with van der Waals surface area (Å²) in [6.45, 7) is 5.94. The second kappa shape index (κ2) is 9.28. The smallest absolute Gasteiger partial charge is 0.297 e. The standard InChI is InChI=1S/C25H26N4O4/c1-5-20(24(30)26-14-17-11-9-15(2)10-12-17)29-25(31)23-21(16(3)33-28-23)22(27-29)18-7-6-8-19(13-18)32-4/h6-13,20H,5,14H2,1-4H3,(H,26,30)/t20-/m1/s1. The topological polar surface area (TPSA) is 99.2 Å². The summed E-state index contributed by atoms with van der Waals surface area (Å²) in [6, 6.07) is 14.5. The highest BCUT2D eigenvalue weighted by Crippen LogP contribution is 2.30. The van der Waals surface area contributed by atoms with Crippen LogP contribution in [0, 0.1) is 13.8 Å². The Morgan fingerprint density at radius 1 is 1.18 bits per heavy atom. The van der Waals surface area contributed by atoms with Crippen molar-refractivity contribution in [3.05, 3.63) is 75.8 Å². The molecule has 2 heterocycles. The first-order valence-electron chi connectivity index (χ1n) is 10.8. The minimum atomic E-state index is -0.797. The Morgan fingerprint density at radius 3 is 2.64 bits per heavy atom. The molecule has 33 heavy (non-hydrogen) atoms. The summed E-state index contributed by atoms with van der Waals surface area (Å²) in [4.78, 5) is 26.3. The number of fused-ring (bicyclic) bond motifs is 1. The van der Waals surface area contributed by atoms with Gasteiger partial charge in [-0.15, -0.1) is 0 Å². The SMILES string of the molecule is CC[C@H](C(=O)NCc1ccc(C)cc1)n1nc(-c2cccc(OC)c2)c2c(C)onc2c1=O. The van der Waals surface area contributed by atoms with E-state index in [1.165, 1.54) is 4.68 Å². The summed E-state index contributed by atoms with van der Waals surface area (Å²) in [5.74, 6) is 0.845. The van der Waals surface area contributed by atoms with Gasteiger partial charge in [0.25, 0.3) is 5.56 Å². The lowest BCUT2D eigenvalue weighted by Crippen LogP contribution is -2.38. The maximum absolute atomic E-state index is 13.2. The van der Waals surface area contributed by atoms with Gasteiger partial charge in [-0.3, -0.25) is 9.59 Å². The van der Waals surface area contributed by atoms with E-state index in [1.807, 2.05) is 62.4 Å². The maximum atomic E-state index is 13.2. The lowest BCUT2D eigenvalue weighted by Gasteiger charge is -2.18. The van der Waals surface area contributed by atoms with Crippen LogP contribution in [0.5, 0.6) is 5.75 Å². The summed E-state index contributed by atoms with van der Waals surface area (Å²) in [6.07, 6.45) is 0.381. The van der Waals surface area contributed by atoms with E-state index >= 15 is 0 Å². The van der Waals surface area contributed by atoms with Crippen molar-refractivity contribution in [1.29, 1.82) is 0 Å². The molecule has 1 N–H and O–H groups in total. The van der Waals surface area contributed by atoms with Crippen LogP contribution in [0.15, 0.2) is 57.8 Å². The van der Waals surface area contributed by atoms with E-state index in [4.69, 9.17) is 9.26 Å². The van der Waals surface area contributed by atoms with Crippen LogP contribution in [0.1, 0.15) is 36.3 Å². The maximum Gasteiger partial charge on any atom is 0.297 e. The highest BCUT2D eigenvalue weighted by molar-refractivity contribution is 5.93. The van der Waals surface area contributed by atoms with Crippen LogP contribution in [0.25, 0.3) is 22.2 Å². The Labute approximate surface area is 191 Å². The normalized spacial score (nSPS) is 12.0. The molecule has 0 spiro atoms. The van der Waals surface area contributed by atoms with E-state index in [2.05, 4.69) is 15.6 Å². The van der Waals surface area contributed by atoms with Crippen LogP contribution in [-0.2, 0) is 11.3 Å². The van der Waals surface area contributed by atoms with Crippen LogP contribution in [-0.4, -0.2) is 28.0 Å². The van der Waals surface area contributed by atoms with Crippen molar-refractivity contribution in [3.8, 4) is 17.0 Å². The number of hydrogen-bond acceptors (Lipinski definition) is 6. The van der Waals surface area contributed by atoms with Crippen LogP contribution in [0.2, 0.25) is 0 Å². The molecule has 170 valence electrons. The molecule has 0 aliphatic carbocycles. The van der Waals surface area contributed by atoms with Gasteiger partial charge in [-0.05, 0) is 38.0 Å². The third kappa shape index (κ3) is 4.37. The summed E-state index contributed by atoms with van der Waals surface area (Å²) in [5.41, 5.74) is 3.04. The van der Waals surface area contributed by atoms with E-state index in [0.717, 1.165) is 16.7 Å². The van der Waals surface area contributed by atoms with Gasteiger partial charge in [-0.2, -0.15) is 5.10 Å². The average Bonchev–Trinajstić information content (AvgIpc) is 3.22. The van der Waals surface area contributed by atoms with Gasteiger partial charge in [-0.25, -0.2) is 4.68 Å². The molecule has 8 nitrogen and oxygen atoms in total. The van der Waals surface area contributed by atoms with Crippen LogP contribution in [0.3, 0.4) is 0 Å². The number of methoxy groups -OCH3 is 1. The zero-order chi connectivity index (χ0) is 23.5. The van der Waals surface area contributed by atoms with E-state index in [9.17, 15) is 9.59 Å². The van der Waals surface area contributed by atoms with Gasteiger partial charge < -0.3 is 14.6 Å². The predicted molar refractivity (Wildman–Crippen MR) is 125 cm³/mol. The van der Waals surface area contributed by atoms with Crippen molar-refractivity contribution in [3.63, 3.8) is 0 Å². The van der Waals surface area contributed by atoms with Crippen molar-refractivity contribution in [2.45, 2.75) is 39.8 Å². The number of aromatic nitrogens is 3. The number of carbonyl (C=O) groups is 1. The first-order chi connectivity index (χ1) is 15.9. The van der Waals surface area contributed by atoms with Gasteiger partial charge in [0.1, 0.15) is 23.2 Å². The molecule has 0 aliphatic heterocycles. The summed E-state index contributed by atoms with van der Waals surface area (Å²) in [5, 5.41) is 12.1. The molecular formula is C25H26N4O4. The molecule has 4 aromatic rings. The van der Waals surface area contributed by atoms with Gasteiger partial charge in [0.2, 0.25) is 5.91 Å². The van der Waals surface area contributed by atoms with Crippen molar-refractivity contribution < 1.29 is 14.1 Å². The lowest BCUT2D eigenvalue weighted by atomic mass is 10.1. The van der Waals surface area contributed by atoms with E-state index in [-0.39, 0.29) is 11.4 Å². The Balaban J connectivity index is 1.75. The van der Waals surface area contributed by atoms with E-state index in [0.29, 0.717) is 35.6 Å². The molecule has 0 saturated heterocycles. The molecular weight excluding hydrogens is 420 g/mol. The molecule has 0 bridgehead atoms. The van der Waals surface area contributed by atoms with Crippen molar-refractivity contribution in [2.24, 2.45) is 0 Å². The molecule has 0 unspecified atom stereocenters. The van der Waals surface area contributed by atoms with E-state index < -0.39 is 11.6 Å². The Bertz CT molecular complexity index is 1360. The monoisotopic (exact) mass is 446 g/mol. The number of hydrogen-bond donors (Lipinski definition) is 1. The zero-order valence-electron chi connectivity index (χ0n) is 19.1. The summed E-state index contributed by atoms with van der Waals surface area (Å²) in [7, 11) is 1.58. The number of rotatable bonds is 7. The fraction of sp³-hybridized carbons (Fsp3) is 0.280. The average molecular weight is 447 g/mol. The third-order valence-corrected chi connectivity index (χ3v) is 5.63. The number of nitrogens with zero attached hydrogens (tertiary/aromatic N) is 3. The van der Waals surface area contributed by atoms with Crippen LogP contribution >= 0.6 is 0 Å². The number of ether oxygens (including phenoxy) is 1. The van der Waals surface area contributed by atoms with Crippen LogP contribution in [0.4, 0.5) is 0 Å². The van der Waals surface area contributed by atoms with Gasteiger partial charge in [-0.1, -0.05) is 54.0 Å². The zero-order valence-corrected chi connectivity index (χ0v) is 19.1. The Hall–Kier alpha value is -3.94. The molecule has 0 aliphatic rings. The van der Waals surface area contributed by atoms with Gasteiger partial charge in [0.05, 0.1) is 12.5 Å². The second-order valence-corrected chi connectivity index (χ2v) is 7.92. The molecule has 2 aromatic heterocycles. The molecule has 0 saturated carbocycles. The molecule has 0 fully saturated rings. The first kappa shape index (κ1) is 22.3. The quantitative estimate of drug-likeness (QED) is 0.462. The number of carbonyl (C=O) groups excluding carboxylic acids is 1. The summed E-state index contributed by atoms with van der Waals surface area (Å²) < 4.78 is 11.9. The predicted octanol–water partition coefficient (Wildman–Crippen LogP) is 3.94. The molecule has 0 radical (unpaired) electrons.